The number of rotatable bonds is 3. The quantitative estimate of drug-likeness (QED) is 0.774. The highest BCUT2D eigenvalue weighted by molar-refractivity contribution is 7.18. The zero-order valence-corrected chi connectivity index (χ0v) is 13.1. The second-order valence-corrected chi connectivity index (χ2v) is 6.76. The van der Waals surface area contributed by atoms with Crippen molar-refractivity contribution in [2.24, 2.45) is 0 Å². The molecule has 1 saturated carbocycles. The van der Waals surface area contributed by atoms with E-state index in [-0.39, 0.29) is 0 Å². The van der Waals surface area contributed by atoms with Crippen LogP contribution in [0.25, 0.3) is 21.6 Å². The number of hydrogen-bond donors (Lipinski definition) is 1. The van der Waals surface area contributed by atoms with Crippen LogP contribution < -0.4 is 5.32 Å². The lowest BCUT2D eigenvalue weighted by Gasteiger charge is -2.21. The van der Waals surface area contributed by atoms with Crippen LogP contribution in [0.3, 0.4) is 0 Å². The maximum atomic E-state index is 4.69. The summed E-state index contributed by atoms with van der Waals surface area (Å²) in [5, 5.41) is 15.1. The molecule has 1 aliphatic rings. The SMILES string of the molecule is c1ccc2nc(-c3nnc(NC4CCCCC4)s3)ccc2c1. The molecule has 0 amide bonds. The first kappa shape index (κ1) is 13.6. The van der Waals surface area contributed by atoms with E-state index in [0.717, 1.165) is 26.7 Å². The van der Waals surface area contributed by atoms with E-state index in [1.807, 2.05) is 24.3 Å². The molecule has 0 unspecified atom stereocenters. The Labute approximate surface area is 133 Å². The third kappa shape index (κ3) is 2.81. The van der Waals surface area contributed by atoms with Crippen molar-refractivity contribution in [3.8, 4) is 10.7 Å². The summed E-state index contributed by atoms with van der Waals surface area (Å²) < 4.78 is 0. The molecule has 0 atom stereocenters. The highest BCUT2D eigenvalue weighted by Gasteiger charge is 2.15. The Kier molecular flexibility index (Phi) is 3.72. The fourth-order valence-electron chi connectivity index (χ4n) is 2.99. The molecule has 3 aromatic rings. The number of pyridine rings is 1. The van der Waals surface area contributed by atoms with E-state index < -0.39 is 0 Å². The Morgan fingerprint density at radius 2 is 1.82 bits per heavy atom. The van der Waals surface area contributed by atoms with Gasteiger partial charge in [-0.05, 0) is 25.0 Å². The number of nitrogens with one attached hydrogen (secondary N) is 1. The van der Waals surface area contributed by atoms with Gasteiger partial charge in [-0.25, -0.2) is 4.98 Å². The van der Waals surface area contributed by atoms with Crippen molar-refractivity contribution in [1.82, 2.24) is 15.2 Å². The van der Waals surface area contributed by atoms with Gasteiger partial charge in [0.25, 0.3) is 0 Å². The minimum absolute atomic E-state index is 0.555. The van der Waals surface area contributed by atoms with Gasteiger partial charge < -0.3 is 5.32 Å². The van der Waals surface area contributed by atoms with Crippen molar-refractivity contribution in [3.63, 3.8) is 0 Å². The van der Waals surface area contributed by atoms with Crippen LogP contribution in [0.15, 0.2) is 36.4 Å². The molecule has 4 nitrogen and oxygen atoms in total. The van der Waals surface area contributed by atoms with Gasteiger partial charge in [-0.3, -0.25) is 0 Å². The fourth-order valence-corrected chi connectivity index (χ4v) is 3.78. The van der Waals surface area contributed by atoms with Gasteiger partial charge in [0.2, 0.25) is 5.13 Å². The second kappa shape index (κ2) is 6.01. The Bertz CT molecular complexity index is 777. The van der Waals surface area contributed by atoms with Crippen molar-refractivity contribution in [3.05, 3.63) is 36.4 Å². The third-order valence-electron chi connectivity index (χ3n) is 4.18. The first-order chi connectivity index (χ1) is 10.9. The fraction of sp³-hybridized carbons (Fsp3) is 0.353. The van der Waals surface area contributed by atoms with Crippen molar-refractivity contribution < 1.29 is 0 Å². The Hall–Kier alpha value is -2.01. The molecule has 1 aliphatic carbocycles. The number of nitrogens with zero attached hydrogens (tertiary/aromatic N) is 3. The topological polar surface area (TPSA) is 50.7 Å². The zero-order valence-electron chi connectivity index (χ0n) is 12.3. The molecule has 22 heavy (non-hydrogen) atoms. The summed E-state index contributed by atoms with van der Waals surface area (Å²) in [4.78, 5) is 4.69. The summed E-state index contributed by atoms with van der Waals surface area (Å²) >= 11 is 1.59. The van der Waals surface area contributed by atoms with Crippen LogP contribution >= 0.6 is 11.3 Å². The molecule has 112 valence electrons. The van der Waals surface area contributed by atoms with Gasteiger partial charge in [-0.15, -0.1) is 10.2 Å². The standard InChI is InChI=1S/C17H18N4S/c1-2-7-13(8-3-1)18-17-21-20-16(22-17)15-11-10-12-6-4-5-9-14(12)19-15/h4-6,9-11,13H,1-3,7-8H2,(H,18,21). The van der Waals surface area contributed by atoms with Crippen LogP contribution in [0.4, 0.5) is 5.13 Å². The molecule has 1 aromatic carbocycles. The number of aromatic nitrogens is 3. The van der Waals surface area contributed by atoms with Crippen LogP contribution in [0, 0.1) is 0 Å². The van der Waals surface area contributed by atoms with E-state index in [4.69, 9.17) is 0 Å². The molecule has 0 bridgehead atoms. The van der Waals surface area contributed by atoms with Crippen LogP contribution in [0.2, 0.25) is 0 Å². The lowest BCUT2D eigenvalue weighted by Crippen LogP contribution is -2.21. The van der Waals surface area contributed by atoms with Gasteiger partial charge in [0.15, 0.2) is 5.01 Å². The Morgan fingerprint density at radius 3 is 2.73 bits per heavy atom. The molecular formula is C17H18N4S. The van der Waals surface area contributed by atoms with Gasteiger partial charge in [-0.1, -0.05) is 54.9 Å². The Morgan fingerprint density at radius 1 is 0.955 bits per heavy atom. The van der Waals surface area contributed by atoms with Crippen molar-refractivity contribution in [2.45, 2.75) is 38.1 Å². The van der Waals surface area contributed by atoms with Gasteiger partial charge in [0, 0.05) is 11.4 Å². The molecule has 0 spiro atoms. The van der Waals surface area contributed by atoms with E-state index in [1.54, 1.807) is 11.3 Å². The molecular weight excluding hydrogens is 292 g/mol. The number of anilines is 1. The molecule has 0 radical (unpaired) electrons. The van der Waals surface area contributed by atoms with Crippen LogP contribution in [0.1, 0.15) is 32.1 Å². The Balaban J connectivity index is 1.56. The minimum atomic E-state index is 0.555. The van der Waals surface area contributed by atoms with Crippen LogP contribution in [-0.4, -0.2) is 21.2 Å². The summed E-state index contributed by atoms with van der Waals surface area (Å²) in [6.07, 6.45) is 6.47. The molecule has 2 heterocycles. The number of hydrogen-bond acceptors (Lipinski definition) is 5. The van der Waals surface area contributed by atoms with Gasteiger partial charge in [0.05, 0.1) is 5.52 Å². The predicted molar refractivity (Wildman–Crippen MR) is 91.1 cm³/mol. The summed E-state index contributed by atoms with van der Waals surface area (Å²) in [5.41, 5.74) is 1.89. The van der Waals surface area contributed by atoms with Gasteiger partial charge >= 0.3 is 0 Å². The average molecular weight is 310 g/mol. The highest BCUT2D eigenvalue weighted by atomic mass is 32.1. The predicted octanol–water partition coefficient (Wildman–Crippen LogP) is 4.50. The third-order valence-corrected chi connectivity index (χ3v) is 5.05. The second-order valence-electron chi connectivity index (χ2n) is 5.78. The number of fused-ring (bicyclic) bond motifs is 1. The monoisotopic (exact) mass is 310 g/mol. The van der Waals surface area contributed by atoms with Crippen LogP contribution in [-0.2, 0) is 0 Å². The molecule has 5 heteroatoms. The number of para-hydroxylation sites is 1. The van der Waals surface area contributed by atoms with Crippen molar-refractivity contribution in [1.29, 1.82) is 0 Å². The summed E-state index contributed by atoms with van der Waals surface area (Å²) in [6.45, 7) is 0. The molecule has 2 aromatic heterocycles. The lowest BCUT2D eigenvalue weighted by molar-refractivity contribution is 0.462. The van der Waals surface area contributed by atoms with Crippen LogP contribution in [0.5, 0.6) is 0 Å². The largest absolute Gasteiger partial charge is 0.357 e. The number of benzene rings is 1. The molecule has 1 N–H and O–H groups in total. The molecule has 0 saturated heterocycles. The molecule has 4 rings (SSSR count). The first-order valence-corrected chi connectivity index (χ1v) is 8.66. The average Bonchev–Trinajstić information content (AvgIpc) is 3.04. The maximum absolute atomic E-state index is 4.69. The highest BCUT2D eigenvalue weighted by Crippen LogP contribution is 2.28. The maximum Gasteiger partial charge on any atom is 0.206 e. The minimum Gasteiger partial charge on any atom is -0.357 e. The summed E-state index contributed by atoms with van der Waals surface area (Å²) in [7, 11) is 0. The summed E-state index contributed by atoms with van der Waals surface area (Å²) in [5.74, 6) is 0. The van der Waals surface area contributed by atoms with E-state index >= 15 is 0 Å². The van der Waals surface area contributed by atoms with Crippen molar-refractivity contribution in [2.75, 3.05) is 5.32 Å². The lowest BCUT2D eigenvalue weighted by atomic mass is 9.96. The van der Waals surface area contributed by atoms with Gasteiger partial charge in [-0.2, -0.15) is 0 Å². The van der Waals surface area contributed by atoms with E-state index in [0.29, 0.717) is 6.04 Å². The first-order valence-electron chi connectivity index (χ1n) is 7.85. The van der Waals surface area contributed by atoms with E-state index in [2.05, 4.69) is 32.6 Å². The normalized spacial score (nSPS) is 16.0. The summed E-state index contributed by atoms with van der Waals surface area (Å²) in [6, 6.07) is 12.8. The van der Waals surface area contributed by atoms with Crippen molar-refractivity contribution >= 4 is 27.4 Å². The molecule has 0 aliphatic heterocycles. The smallest absolute Gasteiger partial charge is 0.206 e. The van der Waals surface area contributed by atoms with E-state index in [1.165, 1.54) is 32.1 Å². The van der Waals surface area contributed by atoms with Gasteiger partial charge in [0.1, 0.15) is 5.69 Å². The zero-order chi connectivity index (χ0) is 14.8. The van der Waals surface area contributed by atoms with E-state index in [9.17, 15) is 0 Å². The molecule has 1 fully saturated rings.